The van der Waals surface area contributed by atoms with Crippen LogP contribution in [0.1, 0.15) is 25.5 Å². The number of aliphatic hydroxyl groups excluding tert-OH is 1. The van der Waals surface area contributed by atoms with Crippen LogP contribution < -0.4 is 5.32 Å². The predicted octanol–water partition coefficient (Wildman–Crippen LogP) is 1.86. The molecule has 0 bridgehead atoms. The van der Waals surface area contributed by atoms with Gasteiger partial charge in [0.15, 0.2) is 0 Å². The third-order valence-electron chi connectivity index (χ3n) is 1.97. The number of benzene rings is 1. The lowest BCUT2D eigenvalue weighted by molar-refractivity contribution is 0.171. The second-order valence-corrected chi connectivity index (χ2v) is 3.63. The summed E-state index contributed by atoms with van der Waals surface area (Å²) in [7, 11) is 0. The Labute approximate surface area is 83.8 Å². The Balaban J connectivity index is 2.52. The molecule has 0 aliphatic carbocycles. The fourth-order valence-electron chi connectivity index (χ4n) is 1.15. The Morgan fingerprint density at radius 3 is 2.36 bits per heavy atom. The van der Waals surface area contributed by atoms with Gasteiger partial charge in [-0.25, -0.2) is 4.39 Å². The van der Waals surface area contributed by atoms with E-state index in [1.54, 1.807) is 12.1 Å². The van der Waals surface area contributed by atoms with Gasteiger partial charge in [0.25, 0.3) is 0 Å². The average molecular weight is 197 g/mol. The molecule has 1 aromatic rings. The molecule has 78 valence electrons. The molecule has 1 rings (SSSR count). The van der Waals surface area contributed by atoms with Crippen molar-refractivity contribution in [3.8, 4) is 0 Å². The third kappa shape index (κ3) is 3.44. The van der Waals surface area contributed by atoms with E-state index in [0.717, 1.165) is 5.56 Å². The summed E-state index contributed by atoms with van der Waals surface area (Å²) in [6, 6.07) is 6.25. The summed E-state index contributed by atoms with van der Waals surface area (Å²) in [4.78, 5) is 0. The SMILES string of the molecule is CC(C)NC[C@H](O)c1ccc(F)cc1. The van der Waals surface area contributed by atoms with Crippen LogP contribution in [0.25, 0.3) is 0 Å². The summed E-state index contributed by atoms with van der Waals surface area (Å²) in [5.41, 5.74) is 0.736. The Morgan fingerprint density at radius 1 is 1.29 bits per heavy atom. The highest BCUT2D eigenvalue weighted by Gasteiger charge is 2.07. The molecule has 0 radical (unpaired) electrons. The highest BCUT2D eigenvalue weighted by molar-refractivity contribution is 5.18. The van der Waals surface area contributed by atoms with Crippen LogP contribution in [0.2, 0.25) is 0 Å². The van der Waals surface area contributed by atoms with E-state index in [-0.39, 0.29) is 5.82 Å². The van der Waals surface area contributed by atoms with Crippen LogP contribution in [0.4, 0.5) is 4.39 Å². The number of hydrogen-bond acceptors (Lipinski definition) is 2. The Hall–Kier alpha value is -0.930. The van der Waals surface area contributed by atoms with E-state index in [1.807, 2.05) is 13.8 Å². The zero-order chi connectivity index (χ0) is 10.6. The standard InChI is InChI=1S/C11H16FNO/c1-8(2)13-7-11(14)9-3-5-10(12)6-4-9/h3-6,8,11,13-14H,7H2,1-2H3/t11-/m0/s1. The van der Waals surface area contributed by atoms with E-state index in [4.69, 9.17) is 0 Å². The first-order valence-electron chi connectivity index (χ1n) is 4.76. The zero-order valence-electron chi connectivity index (χ0n) is 8.50. The molecule has 1 atom stereocenters. The van der Waals surface area contributed by atoms with Crippen LogP contribution in [0.3, 0.4) is 0 Å². The van der Waals surface area contributed by atoms with E-state index in [1.165, 1.54) is 12.1 Å². The molecular formula is C11H16FNO. The first kappa shape index (κ1) is 11.1. The minimum atomic E-state index is -0.571. The van der Waals surface area contributed by atoms with Crippen molar-refractivity contribution in [1.82, 2.24) is 5.32 Å². The Bertz CT molecular complexity index is 271. The maximum atomic E-state index is 12.6. The monoisotopic (exact) mass is 197 g/mol. The van der Waals surface area contributed by atoms with Gasteiger partial charge < -0.3 is 10.4 Å². The quantitative estimate of drug-likeness (QED) is 0.772. The Kier molecular flexibility index (Phi) is 4.04. The van der Waals surface area contributed by atoms with Crippen LogP contribution in [-0.4, -0.2) is 17.7 Å². The smallest absolute Gasteiger partial charge is 0.123 e. The summed E-state index contributed by atoms with van der Waals surface area (Å²) < 4.78 is 12.6. The largest absolute Gasteiger partial charge is 0.387 e. The Morgan fingerprint density at radius 2 is 1.86 bits per heavy atom. The van der Waals surface area contributed by atoms with Crippen molar-refractivity contribution in [3.63, 3.8) is 0 Å². The maximum absolute atomic E-state index is 12.6. The van der Waals surface area contributed by atoms with Crippen molar-refractivity contribution in [2.75, 3.05) is 6.54 Å². The van der Waals surface area contributed by atoms with Gasteiger partial charge >= 0.3 is 0 Å². The molecule has 0 fully saturated rings. The molecular weight excluding hydrogens is 181 g/mol. The van der Waals surface area contributed by atoms with Gasteiger partial charge in [-0.2, -0.15) is 0 Å². The molecule has 0 spiro atoms. The normalized spacial score (nSPS) is 13.2. The lowest BCUT2D eigenvalue weighted by Gasteiger charge is -2.14. The molecule has 0 aliphatic rings. The minimum Gasteiger partial charge on any atom is -0.387 e. The predicted molar refractivity (Wildman–Crippen MR) is 54.5 cm³/mol. The van der Waals surface area contributed by atoms with Crippen LogP contribution >= 0.6 is 0 Å². The number of aliphatic hydroxyl groups is 1. The van der Waals surface area contributed by atoms with Gasteiger partial charge in [-0.3, -0.25) is 0 Å². The van der Waals surface area contributed by atoms with E-state index in [0.29, 0.717) is 12.6 Å². The average Bonchev–Trinajstić information content (AvgIpc) is 2.15. The van der Waals surface area contributed by atoms with Crippen LogP contribution in [0.15, 0.2) is 24.3 Å². The third-order valence-corrected chi connectivity index (χ3v) is 1.97. The van der Waals surface area contributed by atoms with Crippen LogP contribution in [0, 0.1) is 5.82 Å². The lowest BCUT2D eigenvalue weighted by Crippen LogP contribution is -2.27. The number of hydrogen-bond donors (Lipinski definition) is 2. The molecule has 3 heteroatoms. The molecule has 2 nitrogen and oxygen atoms in total. The molecule has 14 heavy (non-hydrogen) atoms. The van der Waals surface area contributed by atoms with Gasteiger partial charge in [0, 0.05) is 12.6 Å². The van der Waals surface area contributed by atoms with Gasteiger partial charge in [0.2, 0.25) is 0 Å². The van der Waals surface area contributed by atoms with E-state index >= 15 is 0 Å². The fraction of sp³-hybridized carbons (Fsp3) is 0.455. The summed E-state index contributed by atoms with van der Waals surface area (Å²) in [6.07, 6.45) is -0.571. The molecule has 0 unspecified atom stereocenters. The van der Waals surface area contributed by atoms with Crippen molar-refractivity contribution in [2.45, 2.75) is 26.0 Å². The number of halogens is 1. The van der Waals surface area contributed by atoms with E-state index < -0.39 is 6.10 Å². The minimum absolute atomic E-state index is 0.280. The number of rotatable bonds is 4. The second-order valence-electron chi connectivity index (χ2n) is 3.63. The molecule has 0 aliphatic heterocycles. The van der Waals surface area contributed by atoms with Crippen molar-refractivity contribution < 1.29 is 9.50 Å². The van der Waals surface area contributed by atoms with Gasteiger partial charge in [-0.05, 0) is 17.7 Å². The zero-order valence-corrected chi connectivity index (χ0v) is 8.50. The maximum Gasteiger partial charge on any atom is 0.123 e. The number of nitrogens with one attached hydrogen (secondary N) is 1. The molecule has 0 saturated carbocycles. The lowest BCUT2D eigenvalue weighted by atomic mass is 10.1. The molecule has 0 amide bonds. The molecule has 0 saturated heterocycles. The summed E-state index contributed by atoms with van der Waals surface area (Å²) in [5.74, 6) is -0.280. The first-order chi connectivity index (χ1) is 6.59. The van der Waals surface area contributed by atoms with Gasteiger partial charge in [0.05, 0.1) is 6.10 Å². The van der Waals surface area contributed by atoms with Crippen LogP contribution in [0.5, 0.6) is 0 Å². The van der Waals surface area contributed by atoms with Crippen molar-refractivity contribution in [2.24, 2.45) is 0 Å². The molecule has 1 aromatic carbocycles. The van der Waals surface area contributed by atoms with Gasteiger partial charge in [-0.1, -0.05) is 26.0 Å². The molecule has 0 aromatic heterocycles. The fourth-order valence-corrected chi connectivity index (χ4v) is 1.15. The summed E-state index contributed by atoms with van der Waals surface area (Å²) >= 11 is 0. The summed E-state index contributed by atoms with van der Waals surface area (Å²) in [5, 5.41) is 12.8. The van der Waals surface area contributed by atoms with Crippen molar-refractivity contribution >= 4 is 0 Å². The highest BCUT2D eigenvalue weighted by atomic mass is 19.1. The summed E-state index contributed by atoms with van der Waals surface area (Å²) in [6.45, 7) is 4.51. The molecule has 2 N–H and O–H groups in total. The van der Waals surface area contributed by atoms with E-state index in [9.17, 15) is 9.50 Å². The van der Waals surface area contributed by atoms with Crippen molar-refractivity contribution in [1.29, 1.82) is 0 Å². The van der Waals surface area contributed by atoms with Crippen molar-refractivity contribution in [3.05, 3.63) is 35.6 Å². The topological polar surface area (TPSA) is 32.3 Å². The van der Waals surface area contributed by atoms with E-state index in [2.05, 4.69) is 5.32 Å². The van der Waals surface area contributed by atoms with Gasteiger partial charge in [-0.15, -0.1) is 0 Å². The highest BCUT2D eigenvalue weighted by Crippen LogP contribution is 2.12. The first-order valence-corrected chi connectivity index (χ1v) is 4.76. The van der Waals surface area contributed by atoms with Gasteiger partial charge in [0.1, 0.15) is 5.82 Å². The molecule has 0 heterocycles. The van der Waals surface area contributed by atoms with Crippen LogP contribution in [-0.2, 0) is 0 Å². The second kappa shape index (κ2) is 5.08.